The van der Waals surface area contributed by atoms with E-state index in [1.165, 1.54) is 0 Å². The van der Waals surface area contributed by atoms with Crippen molar-refractivity contribution in [2.45, 2.75) is 38.5 Å². The number of aliphatic hydroxyl groups is 1. The van der Waals surface area contributed by atoms with Crippen molar-refractivity contribution in [2.24, 2.45) is 0 Å². The van der Waals surface area contributed by atoms with Crippen molar-refractivity contribution in [3.8, 4) is 5.75 Å². The average molecular weight is 365 g/mol. The summed E-state index contributed by atoms with van der Waals surface area (Å²) in [6, 6.07) is 5.29. The molecular weight excluding hydrogens is 344 g/mol. The highest BCUT2D eigenvalue weighted by molar-refractivity contribution is 9.10. The van der Waals surface area contributed by atoms with E-state index < -0.39 is 20.7 Å². The molecule has 20 heavy (non-hydrogen) atoms. The molecule has 6 heteroatoms. The Morgan fingerprint density at radius 2 is 1.95 bits per heavy atom. The number of hydrogen-bond donors (Lipinski definition) is 1. The summed E-state index contributed by atoms with van der Waals surface area (Å²) in [5.74, 6) is 0.445. The topological polar surface area (TPSA) is 63.6 Å². The zero-order valence-corrected chi connectivity index (χ0v) is 14.6. The first-order valence-corrected chi connectivity index (χ1v) is 8.82. The van der Waals surface area contributed by atoms with E-state index in [-0.39, 0.29) is 12.4 Å². The predicted octanol–water partition coefficient (Wildman–Crippen LogP) is 3.09. The van der Waals surface area contributed by atoms with Crippen LogP contribution in [0.15, 0.2) is 22.7 Å². The highest BCUT2D eigenvalue weighted by Gasteiger charge is 2.28. The number of rotatable bonds is 5. The minimum Gasteiger partial charge on any atom is -0.492 e. The maximum absolute atomic E-state index is 12.0. The molecule has 0 heterocycles. The Labute approximate surface area is 129 Å². The molecule has 1 aromatic rings. The number of hydrogen-bond acceptors (Lipinski definition) is 4. The Bertz CT molecular complexity index is 559. The first kappa shape index (κ1) is 17.5. The lowest BCUT2D eigenvalue weighted by molar-refractivity contribution is 0.192. The van der Waals surface area contributed by atoms with Gasteiger partial charge in [-0.2, -0.15) is 0 Å². The fourth-order valence-electron chi connectivity index (χ4n) is 1.55. The molecule has 0 aliphatic heterocycles. The number of sulfone groups is 1. The van der Waals surface area contributed by atoms with Gasteiger partial charge in [-0.15, -0.1) is 0 Å². The molecule has 1 atom stereocenters. The third kappa shape index (κ3) is 4.46. The van der Waals surface area contributed by atoms with Crippen molar-refractivity contribution in [3.05, 3.63) is 28.2 Å². The monoisotopic (exact) mass is 364 g/mol. The van der Waals surface area contributed by atoms with Crippen LogP contribution in [0.2, 0.25) is 0 Å². The first-order chi connectivity index (χ1) is 9.04. The molecule has 114 valence electrons. The van der Waals surface area contributed by atoms with Gasteiger partial charge >= 0.3 is 0 Å². The Kier molecular flexibility index (Phi) is 5.63. The Balaban J connectivity index is 2.79. The molecule has 1 unspecified atom stereocenters. The zero-order valence-electron chi connectivity index (χ0n) is 12.2. The van der Waals surface area contributed by atoms with Crippen molar-refractivity contribution in [3.63, 3.8) is 0 Å². The van der Waals surface area contributed by atoms with Crippen molar-refractivity contribution >= 4 is 25.8 Å². The van der Waals surface area contributed by atoms with E-state index >= 15 is 0 Å². The summed E-state index contributed by atoms with van der Waals surface area (Å²) in [7, 11) is -3.21. The lowest BCUT2D eigenvalue weighted by Crippen LogP contribution is -2.32. The van der Waals surface area contributed by atoms with E-state index in [1.807, 2.05) is 0 Å². The minimum atomic E-state index is -3.21. The van der Waals surface area contributed by atoms with E-state index in [9.17, 15) is 13.5 Å². The maximum atomic E-state index is 12.0. The second kappa shape index (κ2) is 6.45. The quantitative estimate of drug-likeness (QED) is 0.871. The Morgan fingerprint density at radius 3 is 2.45 bits per heavy atom. The molecule has 0 radical (unpaired) electrons. The molecule has 1 aromatic carbocycles. The molecule has 0 fully saturated rings. The summed E-state index contributed by atoms with van der Waals surface area (Å²) in [5, 5.41) is 9.67. The van der Waals surface area contributed by atoms with Crippen molar-refractivity contribution in [2.75, 3.05) is 12.4 Å². The van der Waals surface area contributed by atoms with E-state index in [0.29, 0.717) is 11.3 Å². The number of aliphatic hydroxyl groups excluding tert-OH is 1. The summed E-state index contributed by atoms with van der Waals surface area (Å²) in [6.07, 6.45) is -0.669. The highest BCUT2D eigenvalue weighted by Crippen LogP contribution is 2.28. The molecule has 0 aliphatic carbocycles. The molecule has 0 amide bonds. The van der Waals surface area contributed by atoms with Gasteiger partial charge in [0.05, 0.1) is 16.6 Å². The van der Waals surface area contributed by atoms with Gasteiger partial charge in [0, 0.05) is 10.0 Å². The largest absolute Gasteiger partial charge is 0.492 e. The summed E-state index contributed by atoms with van der Waals surface area (Å²) >= 11 is 3.33. The number of halogens is 1. The molecule has 0 spiro atoms. The van der Waals surface area contributed by atoms with Crippen LogP contribution in [0.5, 0.6) is 5.75 Å². The molecule has 1 rings (SSSR count). The van der Waals surface area contributed by atoms with Gasteiger partial charge in [0.15, 0.2) is 9.84 Å². The van der Waals surface area contributed by atoms with Gasteiger partial charge in [-0.25, -0.2) is 8.42 Å². The van der Waals surface area contributed by atoms with Gasteiger partial charge < -0.3 is 9.84 Å². The van der Waals surface area contributed by atoms with Gasteiger partial charge in [-0.1, -0.05) is 22.0 Å². The normalized spacial score (nSPS) is 14.1. The van der Waals surface area contributed by atoms with Gasteiger partial charge in [0.25, 0.3) is 0 Å². The number of benzene rings is 1. The maximum Gasteiger partial charge on any atom is 0.158 e. The zero-order chi connectivity index (χ0) is 15.6. The van der Waals surface area contributed by atoms with Crippen LogP contribution in [0, 0.1) is 0 Å². The smallest absolute Gasteiger partial charge is 0.158 e. The molecular formula is C14H21BrO4S. The van der Waals surface area contributed by atoms with E-state index in [0.717, 1.165) is 4.47 Å². The molecule has 0 saturated heterocycles. The van der Waals surface area contributed by atoms with Crippen LogP contribution >= 0.6 is 15.9 Å². The third-order valence-electron chi connectivity index (χ3n) is 2.97. The highest BCUT2D eigenvalue weighted by atomic mass is 79.9. The van der Waals surface area contributed by atoms with Crippen LogP contribution in [0.25, 0.3) is 0 Å². The molecule has 0 aromatic heterocycles. The minimum absolute atomic E-state index is 0.0533. The van der Waals surface area contributed by atoms with Crippen LogP contribution in [-0.2, 0) is 9.84 Å². The SMILES string of the molecule is CC(O)c1ccc(Br)cc1OCCS(=O)(=O)C(C)(C)C. The van der Waals surface area contributed by atoms with Gasteiger partial charge in [0.1, 0.15) is 12.4 Å². The van der Waals surface area contributed by atoms with Crippen LogP contribution in [0.4, 0.5) is 0 Å². The van der Waals surface area contributed by atoms with Gasteiger partial charge in [0.2, 0.25) is 0 Å². The summed E-state index contributed by atoms with van der Waals surface area (Å²) in [5.41, 5.74) is 0.640. The van der Waals surface area contributed by atoms with Gasteiger partial charge in [-0.05, 0) is 39.8 Å². The van der Waals surface area contributed by atoms with Crippen molar-refractivity contribution in [1.82, 2.24) is 0 Å². The van der Waals surface area contributed by atoms with Crippen LogP contribution in [-0.4, -0.2) is 30.6 Å². The number of ether oxygens (including phenoxy) is 1. The predicted molar refractivity (Wildman–Crippen MR) is 83.8 cm³/mol. The molecule has 4 nitrogen and oxygen atoms in total. The second-order valence-electron chi connectivity index (χ2n) is 5.64. The Hall–Kier alpha value is -0.590. The summed E-state index contributed by atoms with van der Waals surface area (Å²) < 4.78 is 29.5. The van der Waals surface area contributed by atoms with E-state index in [4.69, 9.17) is 4.74 Å². The molecule has 0 bridgehead atoms. The van der Waals surface area contributed by atoms with Crippen molar-refractivity contribution < 1.29 is 18.3 Å². The average Bonchev–Trinajstić information content (AvgIpc) is 2.26. The summed E-state index contributed by atoms with van der Waals surface area (Å²) in [6.45, 7) is 6.71. The Morgan fingerprint density at radius 1 is 1.35 bits per heavy atom. The van der Waals surface area contributed by atoms with E-state index in [1.54, 1.807) is 45.9 Å². The van der Waals surface area contributed by atoms with Crippen molar-refractivity contribution in [1.29, 1.82) is 0 Å². The molecule has 1 N–H and O–H groups in total. The molecule has 0 saturated carbocycles. The standard InChI is InChI=1S/C14H21BrO4S/c1-10(16)12-6-5-11(15)9-13(12)19-7-8-20(17,18)14(2,3)4/h5-6,9-10,16H,7-8H2,1-4H3. The second-order valence-corrected chi connectivity index (χ2v) is 9.42. The lowest BCUT2D eigenvalue weighted by atomic mass is 10.1. The lowest BCUT2D eigenvalue weighted by Gasteiger charge is -2.20. The fraction of sp³-hybridized carbons (Fsp3) is 0.571. The summed E-state index contributed by atoms with van der Waals surface area (Å²) in [4.78, 5) is 0. The van der Waals surface area contributed by atoms with Crippen LogP contribution < -0.4 is 4.74 Å². The van der Waals surface area contributed by atoms with E-state index in [2.05, 4.69) is 15.9 Å². The van der Waals surface area contributed by atoms with Gasteiger partial charge in [-0.3, -0.25) is 0 Å². The molecule has 0 aliphatic rings. The van der Waals surface area contributed by atoms with Crippen LogP contribution in [0.3, 0.4) is 0 Å². The first-order valence-electron chi connectivity index (χ1n) is 6.37. The fourth-order valence-corrected chi connectivity index (χ4v) is 2.80. The third-order valence-corrected chi connectivity index (χ3v) is 6.03. The van der Waals surface area contributed by atoms with Crippen LogP contribution in [0.1, 0.15) is 39.4 Å².